The SMILES string of the molecule is CNCc1cn[nH]c1C1CCCCO1. The maximum atomic E-state index is 5.71. The largest absolute Gasteiger partial charge is 0.372 e. The van der Waals surface area contributed by atoms with Gasteiger partial charge in [0.1, 0.15) is 0 Å². The summed E-state index contributed by atoms with van der Waals surface area (Å²) in [6.07, 6.45) is 5.66. The van der Waals surface area contributed by atoms with E-state index < -0.39 is 0 Å². The number of nitrogens with zero attached hydrogens (tertiary/aromatic N) is 1. The number of ether oxygens (including phenoxy) is 1. The first-order valence-electron chi connectivity index (χ1n) is 5.20. The molecule has 0 aliphatic carbocycles. The average Bonchev–Trinajstić information content (AvgIpc) is 2.68. The number of hydrogen-bond acceptors (Lipinski definition) is 3. The average molecular weight is 195 g/mol. The molecule has 4 nitrogen and oxygen atoms in total. The van der Waals surface area contributed by atoms with Crippen LogP contribution in [0.25, 0.3) is 0 Å². The van der Waals surface area contributed by atoms with Crippen molar-refractivity contribution in [1.29, 1.82) is 0 Å². The number of hydrogen-bond donors (Lipinski definition) is 2. The number of nitrogens with one attached hydrogen (secondary N) is 2. The minimum absolute atomic E-state index is 0.231. The van der Waals surface area contributed by atoms with E-state index in [-0.39, 0.29) is 6.10 Å². The molecule has 1 aromatic rings. The smallest absolute Gasteiger partial charge is 0.0992 e. The lowest BCUT2D eigenvalue weighted by molar-refractivity contribution is 0.0117. The highest BCUT2D eigenvalue weighted by Gasteiger charge is 2.20. The molecule has 0 saturated carbocycles. The molecular formula is C10H17N3O. The lowest BCUT2D eigenvalue weighted by atomic mass is 10.0. The van der Waals surface area contributed by atoms with Crippen molar-refractivity contribution in [3.8, 4) is 0 Å². The van der Waals surface area contributed by atoms with E-state index in [1.54, 1.807) is 0 Å². The van der Waals surface area contributed by atoms with E-state index in [1.165, 1.54) is 18.4 Å². The highest BCUT2D eigenvalue weighted by Crippen LogP contribution is 2.28. The van der Waals surface area contributed by atoms with Gasteiger partial charge in [-0.25, -0.2) is 0 Å². The van der Waals surface area contributed by atoms with Crippen molar-refractivity contribution in [1.82, 2.24) is 15.5 Å². The number of aromatic nitrogens is 2. The van der Waals surface area contributed by atoms with Crippen molar-refractivity contribution in [3.63, 3.8) is 0 Å². The van der Waals surface area contributed by atoms with Crippen molar-refractivity contribution in [3.05, 3.63) is 17.5 Å². The van der Waals surface area contributed by atoms with Gasteiger partial charge in [0.05, 0.1) is 18.0 Å². The maximum absolute atomic E-state index is 5.71. The molecule has 2 rings (SSSR count). The fourth-order valence-electron chi connectivity index (χ4n) is 1.90. The molecule has 1 fully saturated rings. The van der Waals surface area contributed by atoms with Crippen LogP contribution in [0.1, 0.15) is 36.6 Å². The summed E-state index contributed by atoms with van der Waals surface area (Å²) in [7, 11) is 1.94. The molecule has 4 heteroatoms. The first kappa shape index (κ1) is 9.68. The van der Waals surface area contributed by atoms with Gasteiger partial charge in [-0.2, -0.15) is 5.10 Å². The zero-order valence-electron chi connectivity index (χ0n) is 8.55. The summed E-state index contributed by atoms with van der Waals surface area (Å²) in [6.45, 7) is 1.73. The van der Waals surface area contributed by atoms with Crippen LogP contribution in [0, 0.1) is 0 Å². The Kier molecular flexibility index (Phi) is 3.16. The van der Waals surface area contributed by atoms with E-state index in [4.69, 9.17) is 4.74 Å². The van der Waals surface area contributed by atoms with Gasteiger partial charge in [-0.05, 0) is 26.3 Å². The number of rotatable bonds is 3. The number of aromatic amines is 1. The molecule has 0 bridgehead atoms. The standard InChI is InChI=1S/C10H17N3O/c1-11-6-8-7-12-13-10(8)9-4-2-3-5-14-9/h7,9,11H,2-6H2,1H3,(H,12,13). The van der Waals surface area contributed by atoms with Crippen molar-refractivity contribution in [2.45, 2.75) is 31.9 Å². The van der Waals surface area contributed by atoms with Crippen LogP contribution in [0.3, 0.4) is 0 Å². The van der Waals surface area contributed by atoms with E-state index in [0.717, 1.165) is 25.3 Å². The monoisotopic (exact) mass is 195 g/mol. The molecule has 78 valence electrons. The lowest BCUT2D eigenvalue weighted by Gasteiger charge is -2.22. The normalized spacial score (nSPS) is 22.5. The summed E-state index contributed by atoms with van der Waals surface area (Å²) in [5.41, 5.74) is 2.37. The highest BCUT2D eigenvalue weighted by atomic mass is 16.5. The summed E-state index contributed by atoms with van der Waals surface area (Å²) in [4.78, 5) is 0. The second kappa shape index (κ2) is 4.57. The predicted molar refractivity (Wildman–Crippen MR) is 53.9 cm³/mol. The van der Waals surface area contributed by atoms with Crippen LogP contribution in [0.4, 0.5) is 0 Å². The molecule has 1 aliphatic rings. The molecule has 1 atom stereocenters. The van der Waals surface area contributed by atoms with Crippen LogP contribution < -0.4 is 5.32 Å². The third-order valence-corrected chi connectivity index (χ3v) is 2.62. The Labute approximate surface area is 84.0 Å². The van der Waals surface area contributed by atoms with Gasteiger partial charge >= 0.3 is 0 Å². The maximum Gasteiger partial charge on any atom is 0.0992 e. The molecule has 2 heterocycles. The number of H-pyrrole nitrogens is 1. The molecule has 1 aromatic heterocycles. The van der Waals surface area contributed by atoms with E-state index in [0.29, 0.717) is 0 Å². The molecule has 0 amide bonds. The van der Waals surface area contributed by atoms with Gasteiger partial charge in [0.2, 0.25) is 0 Å². The Bertz CT molecular complexity index is 279. The predicted octanol–water partition coefficient (Wildman–Crippen LogP) is 1.37. The van der Waals surface area contributed by atoms with E-state index in [2.05, 4.69) is 15.5 Å². The van der Waals surface area contributed by atoms with Crippen molar-refractivity contribution in [2.75, 3.05) is 13.7 Å². The zero-order chi connectivity index (χ0) is 9.80. The van der Waals surface area contributed by atoms with Crippen LogP contribution in [-0.2, 0) is 11.3 Å². The molecule has 0 aromatic carbocycles. The van der Waals surface area contributed by atoms with Crippen LogP contribution in [0.15, 0.2) is 6.20 Å². The summed E-state index contributed by atoms with van der Waals surface area (Å²) in [6, 6.07) is 0. The van der Waals surface area contributed by atoms with Gasteiger partial charge in [0.25, 0.3) is 0 Å². The van der Waals surface area contributed by atoms with Gasteiger partial charge in [0, 0.05) is 18.7 Å². The summed E-state index contributed by atoms with van der Waals surface area (Å²) < 4.78 is 5.71. The first-order valence-corrected chi connectivity index (χ1v) is 5.20. The molecule has 0 spiro atoms. The third kappa shape index (κ3) is 1.96. The van der Waals surface area contributed by atoms with Gasteiger partial charge in [0.15, 0.2) is 0 Å². The second-order valence-corrected chi connectivity index (χ2v) is 3.69. The summed E-state index contributed by atoms with van der Waals surface area (Å²) >= 11 is 0. The molecule has 14 heavy (non-hydrogen) atoms. The van der Waals surface area contributed by atoms with Crippen LogP contribution in [-0.4, -0.2) is 23.9 Å². The summed E-state index contributed by atoms with van der Waals surface area (Å²) in [5, 5.41) is 10.3. The first-order chi connectivity index (χ1) is 6.92. The Balaban J connectivity index is 2.09. The van der Waals surface area contributed by atoms with Crippen molar-refractivity contribution in [2.24, 2.45) is 0 Å². The quantitative estimate of drug-likeness (QED) is 0.766. The van der Waals surface area contributed by atoms with Crippen LogP contribution >= 0.6 is 0 Å². The van der Waals surface area contributed by atoms with E-state index >= 15 is 0 Å². The molecule has 1 aliphatic heterocycles. The fraction of sp³-hybridized carbons (Fsp3) is 0.700. The zero-order valence-corrected chi connectivity index (χ0v) is 8.55. The fourth-order valence-corrected chi connectivity index (χ4v) is 1.90. The Morgan fingerprint density at radius 2 is 2.57 bits per heavy atom. The topological polar surface area (TPSA) is 49.9 Å². The molecule has 1 saturated heterocycles. The summed E-state index contributed by atoms with van der Waals surface area (Å²) in [5.74, 6) is 0. The van der Waals surface area contributed by atoms with Gasteiger partial charge in [-0.3, -0.25) is 5.10 Å². The lowest BCUT2D eigenvalue weighted by Crippen LogP contribution is -2.15. The van der Waals surface area contributed by atoms with Crippen molar-refractivity contribution < 1.29 is 4.74 Å². The Morgan fingerprint density at radius 1 is 1.64 bits per heavy atom. The minimum atomic E-state index is 0.231. The Hall–Kier alpha value is -0.870. The van der Waals surface area contributed by atoms with E-state index in [9.17, 15) is 0 Å². The van der Waals surface area contributed by atoms with Gasteiger partial charge in [-0.1, -0.05) is 0 Å². The second-order valence-electron chi connectivity index (χ2n) is 3.69. The minimum Gasteiger partial charge on any atom is -0.372 e. The van der Waals surface area contributed by atoms with Crippen molar-refractivity contribution >= 4 is 0 Å². The highest BCUT2D eigenvalue weighted by molar-refractivity contribution is 5.18. The van der Waals surface area contributed by atoms with Gasteiger partial charge < -0.3 is 10.1 Å². The third-order valence-electron chi connectivity index (χ3n) is 2.62. The van der Waals surface area contributed by atoms with Crippen LogP contribution in [0.2, 0.25) is 0 Å². The molecular weight excluding hydrogens is 178 g/mol. The Morgan fingerprint density at radius 3 is 3.29 bits per heavy atom. The van der Waals surface area contributed by atoms with E-state index in [1.807, 2.05) is 13.2 Å². The van der Waals surface area contributed by atoms with Gasteiger partial charge in [-0.15, -0.1) is 0 Å². The molecule has 0 radical (unpaired) electrons. The molecule has 2 N–H and O–H groups in total. The molecule has 1 unspecified atom stereocenters. The van der Waals surface area contributed by atoms with Crippen LogP contribution in [0.5, 0.6) is 0 Å².